The third-order valence-electron chi connectivity index (χ3n) is 1.21. The van der Waals surface area contributed by atoms with Crippen LogP contribution in [0.4, 0.5) is 4.79 Å². The molecule has 0 atom stereocenters. The summed E-state index contributed by atoms with van der Waals surface area (Å²) in [5, 5.41) is 2.07. The standard InChI is InChI=1S/C9H6BrNO2/c1-2-11-9(12)13-8-6-4-3-5-7(8)10/h1,3-6H,(H,11,12). The first-order chi connectivity index (χ1) is 6.24. The smallest absolute Gasteiger partial charge is 0.408 e. The first-order valence-corrected chi connectivity index (χ1v) is 4.21. The van der Waals surface area contributed by atoms with Crippen molar-refractivity contribution in [3.8, 4) is 18.2 Å². The molecule has 0 aromatic heterocycles. The Morgan fingerprint density at radius 1 is 1.54 bits per heavy atom. The average molecular weight is 240 g/mol. The Hall–Kier alpha value is -1.47. The summed E-state index contributed by atoms with van der Waals surface area (Å²) < 4.78 is 5.54. The van der Waals surface area contributed by atoms with E-state index in [0.717, 1.165) is 0 Å². The fourth-order valence-electron chi connectivity index (χ4n) is 0.712. The topological polar surface area (TPSA) is 38.3 Å². The van der Waals surface area contributed by atoms with Crippen molar-refractivity contribution in [2.24, 2.45) is 0 Å². The van der Waals surface area contributed by atoms with E-state index in [1.807, 2.05) is 12.1 Å². The van der Waals surface area contributed by atoms with E-state index in [1.165, 1.54) is 0 Å². The molecule has 0 saturated carbocycles. The van der Waals surface area contributed by atoms with Crippen molar-refractivity contribution in [1.82, 2.24) is 5.32 Å². The minimum absolute atomic E-state index is 0.426. The summed E-state index contributed by atoms with van der Waals surface area (Å²) >= 11 is 3.22. The lowest BCUT2D eigenvalue weighted by atomic mass is 10.3. The molecule has 0 heterocycles. The molecule has 0 saturated heterocycles. The number of halogens is 1. The van der Waals surface area contributed by atoms with Gasteiger partial charge in [0.15, 0.2) is 0 Å². The number of terminal acetylenes is 1. The van der Waals surface area contributed by atoms with Crippen molar-refractivity contribution < 1.29 is 9.53 Å². The first-order valence-electron chi connectivity index (χ1n) is 3.42. The Morgan fingerprint density at radius 3 is 2.85 bits per heavy atom. The summed E-state index contributed by atoms with van der Waals surface area (Å²) in [4.78, 5) is 10.9. The molecule has 1 N–H and O–H groups in total. The number of hydrogen-bond donors (Lipinski definition) is 1. The van der Waals surface area contributed by atoms with Gasteiger partial charge in [-0.05, 0) is 28.1 Å². The van der Waals surface area contributed by atoms with Crippen molar-refractivity contribution in [2.75, 3.05) is 0 Å². The van der Waals surface area contributed by atoms with Crippen LogP contribution in [0.1, 0.15) is 0 Å². The second-order valence-corrected chi connectivity index (χ2v) is 2.94. The number of benzene rings is 1. The summed E-state index contributed by atoms with van der Waals surface area (Å²) in [5.74, 6) is 0.426. The summed E-state index contributed by atoms with van der Waals surface area (Å²) in [7, 11) is 0. The van der Waals surface area contributed by atoms with Crippen LogP contribution in [0.2, 0.25) is 0 Å². The number of carbonyl (C=O) groups is 1. The van der Waals surface area contributed by atoms with E-state index in [1.54, 1.807) is 18.2 Å². The largest absolute Gasteiger partial charge is 0.424 e. The molecular weight excluding hydrogens is 234 g/mol. The summed E-state index contributed by atoms with van der Waals surface area (Å²) in [6.07, 6.45) is 4.18. The molecular formula is C9H6BrNO2. The lowest BCUT2D eigenvalue weighted by molar-refractivity contribution is 0.205. The molecule has 1 aromatic rings. The van der Waals surface area contributed by atoms with Crippen molar-refractivity contribution in [1.29, 1.82) is 0 Å². The summed E-state index contributed by atoms with van der Waals surface area (Å²) in [6, 6.07) is 8.95. The van der Waals surface area contributed by atoms with Gasteiger partial charge in [0.2, 0.25) is 0 Å². The SMILES string of the molecule is C#CNC(=O)Oc1ccccc1Br. The van der Waals surface area contributed by atoms with Gasteiger partial charge >= 0.3 is 6.09 Å². The number of nitrogens with one attached hydrogen (secondary N) is 1. The van der Waals surface area contributed by atoms with Gasteiger partial charge in [-0.25, -0.2) is 10.1 Å². The molecule has 0 aliphatic heterocycles. The Kier molecular flexibility index (Phi) is 3.35. The maximum Gasteiger partial charge on any atom is 0.424 e. The molecule has 0 unspecified atom stereocenters. The normalized spacial score (nSPS) is 8.62. The highest BCUT2D eigenvalue weighted by Crippen LogP contribution is 2.23. The third kappa shape index (κ3) is 2.80. The predicted octanol–water partition coefficient (Wildman–Crippen LogP) is 2.13. The molecule has 1 aromatic carbocycles. The molecule has 4 heteroatoms. The van der Waals surface area contributed by atoms with Gasteiger partial charge in [0.25, 0.3) is 0 Å². The van der Waals surface area contributed by atoms with Crippen molar-refractivity contribution >= 4 is 22.0 Å². The minimum Gasteiger partial charge on any atom is -0.408 e. The second kappa shape index (κ2) is 4.53. The number of ether oxygens (including phenoxy) is 1. The van der Waals surface area contributed by atoms with Crippen LogP contribution in [0.25, 0.3) is 0 Å². The van der Waals surface area contributed by atoms with Crippen LogP contribution >= 0.6 is 15.9 Å². The van der Waals surface area contributed by atoms with E-state index in [-0.39, 0.29) is 0 Å². The van der Waals surface area contributed by atoms with Crippen LogP contribution in [0.5, 0.6) is 5.75 Å². The molecule has 0 aliphatic carbocycles. The van der Waals surface area contributed by atoms with E-state index in [4.69, 9.17) is 11.2 Å². The zero-order valence-corrected chi connectivity index (χ0v) is 8.17. The zero-order chi connectivity index (χ0) is 9.68. The number of para-hydroxylation sites is 1. The Labute approximate surface area is 84.2 Å². The second-order valence-electron chi connectivity index (χ2n) is 2.09. The van der Waals surface area contributed by atoms with Gasteiger partial charge in [-0.2, -0.15) is 0 Å². The van der Waals surface area contributed by atoms with Gasteiger partial charge in [0.05, 0.1) is 4.47 Å². The zero-order valence-electron chi connectivity index (χ0n) is 6.58. The molecule has 0 spiro atoms. The van der Waals surface area contributed by atoms with E-state index in [9.17, 15) is 4.79 Å². The van der Waals surface area contributed by atoms with E-state index in [0.29, 0.717) is 10.2 Å². The molecule has 0 bridgehead atoms. The lowest BCUT2D eigenvalue weighted by Crippen LogP contribution is -2.21. The van der Waals surface area contributed by atoms with Gasteiger partial charge < -0.3 is 4.74 Å². The Bertz CT molecular complexity index is 357. The lowest BCUT2D eigenvalue weighted by Gasteiger charge is -2.03. The highest BCUT2D eigenvalue weighted by Gasteiger charge is 2.04. The Balaban J connectivity index is 2.70. The van der Waals surface area contributed by atoms with Gasteiger partial charge in [0, 0.05) is 6.04 Å². The van der Waals surface area contributed by atoms with Crippen LogP contribution in [-0.4, -0.2) is 6.09 Å². The monoisotopic (exact) mass is 239 g/mol. The van der Waals surface area contributed by atoms with Crippen molar-refractivity contribution in [2.45, 2.75) is 0 Å². The molecule has 66 valence electrons. The van der Waals surface area contributed by atoms with Crippen LogP contribution in [0.3, 0.4) is 0 Å². The quantitative estimate of drug-likeness (QED) is 0.603. The van der Waals surface area contributed by atoms with Crippen molar-refractivity contribution in [3.05, 3.63) is 28.7 Å². The van der Waals surface area contributed by atoms with Crippen LogP contribution in [0, 0.1) is 12.5 Å². The number of hydrogen-bond acceptors (Lipinski definition) is 2. The number of amides is 1. The van der Waals surface area contributed by atoms with E-state index >= 15 is 0 Å². The highest BCUT2D eigenvalue weighted by molar-refractivity contribution is 9.10. The Morgan fingerprint density at radius 2 is 2.23 bits per heavy atom. The van der Waals surface area contributed by atoms with Crippen molar-refractivity contribution in [3.63, 3.8) is 0 Å². The predicted molar refractivity (Wildman–Crippen MR) is 52.1 cm³/mol. The number of carbonyl (C=O) groups excluding carboxylic acids is 1. The first kappa shape index (κ1) is 9.62. The van der Waals surface area contributed by atoms with Gasteiger partial charge in [0.1, 0.15) is 5.75 Å². The van der Waals surface area contributed by atoms with E-state index in [2.05, 4.69) is 21.2 Å². The maximum absolute atomic E-state index is 10.9. The maximum atomic E-state index is 10.9. The fraction of sp³-hybridized carbons (Fsp3) is 0. The molecule has 0 radical (unpaired) electrons. The van der Waals surface area contributed by atoms with Gasteiger partial charge in [-0.1, -0.05) is 18.6 Å². The fourth-order valence-corrected chi connectivity index (χ4v) is 1.08. The summed E-state index contributed by atoms with van der Waals surface area (Å²) in [5.41, 5.74) is 0. The number of rotatable bonds is 1. The summed E-state index contributed by atoms with van der Waals surface area (Å²) in [6.45, 7) is 0. The van der Waals surface area contributed by atoms with Gasteiger partial charge in [-0.3, -0.25) is 0 Å². The molecule has 1 rings (SSSR count). The third-order valence-corrected chi connectivity index (χ3v) is 1.87. The molecule has 3 nitrogen and oxygen atoms in total. The van der Waals surface area contributed by atoms with Crippen LogP contribution in [-0.2, 0) is 0 Å². The average Bonchev–Trinajstić information content (AvgIpc) is 2.09. The van der Waals surface area contributed by atoms with Gasteiger partial charge in [-0.15, -0.1) is 0 Å². The van der Waals surface area contributed by atoms with Crippen LogP contribution < -0.4 is 10.1 Å². The van der Waals surface area contributed by atoms with E-state index < -0.39 is 6.09 Å². The highest BCUT2D eigenvalue weighted by atomic mass is 79.9. The van der Waals surface area contributed by atoms with Crippen LogP contribution in [0.15, 0.2) is 28.7 Å². The molecule has 0 fully saturated rings. The molecule has 13 heavy (non-hydrogen) atoms. The molecule has 0 aliphatic rings. The minimum atomic E-state index is -0.672. The molecule has 1 amide bonds.